The second-order valence-corrected chi connectivity index (χ2v) is 9.75. The number of rotatable bonds is 10. The van der Waals surface area contributed by atoms with Gasteiger partial charge in [0.1, 0.15) is 5.75 Å². The zero-order valence-electron chi connectivity index (χ0n) is 17.4. The number of nitrogens with one attached hydrogen (secondary N) is 1. The number of aryl methyl sites for hydroxylation is 1. The lowest BCUT2D eigenvalue weighted by atomic mass is 10.0. The number of amides is 1. The molecule has 0 radical (unpaired) electrons. The first kappa shape index (κ1) is 22.4. The zero-order valence-corrected chi connectivity index (χ0v) is 18.2. The highest BCUT2D eigenvalue weighted by Gasteiger charge is 2.20. The van der Waals surface area contributed by atoms with E-state index in [1.807, 2.05) is 0 Å². The Kier molecular flexibility index (Phi) is 7.98. The molecule has 1 atom stereocenters. The number of nitrogens with zero attached hydrogens (tertiary/aromatic N) is 3. The molecule has 1 aromatic heterocycles. The Labute approximate surface area is 178 Å². The molecule has 8 nitrogen and oxygen atoms in total. The highest BCUT2D eigenvalue weighted by Crippen LogP contribution is 2.16. The molecule has 2 heterocycles. The molecule has 2 aromatic rings. The number of aromatic nitrogens is 2. The van der Waals surface area contributed by atoms with Crippen molar-refractivity contribution >= 4 is 15.7 Å². The Morgan fingerprint density at radius 2 is 2.07 bits per heavy atom. The number of carbonyl (C=O) groups excluding carboxylic acids is 1. The molecule has 0 saturated carbocycles. The minimum atomic E-state index is -3.53. The zero-order chi connectivity index (χ0) is 21.4. The summed E-state index contributed by atoms with van der Waals surface area (Å²) in [7, 11) is -3.53. The molecule has 1 amide bonds. The lowest BCUT2D eigenvalue weighted by molar-refractivity contribution is -0.121. The van der Waals surface area contributed by atoms with Gasteiger partial charge < -0.3 is 14.7 Å². The minimum Gasteiger partial charge on any atom is -0.356 e. The van der Waals surface area contributed by atoms with Gasteiger partial charge in [0.25, 0.3) is 0 Å². The summed E-state index contributed by atoms with van der Waals surface area (Å²) in [5.74, 6) is -0.0319. The van der Waals surface area contributed by atoms with Crippen LogP contribution in [0.5, 0.6) is 0 Å². The third kappa shape index (κ3) is 6.63. The summed E-state index contributed by atoms with van der Waals surface area (Å²) >= 11 is 0. The summed E-state index contributed by atoms with van der Waals surface area (Å²) in [5, 5.41) is 6.66. The molecule has 0 bridgehead atoms. The molecule has 1 N–H and O–H groups in total. The van der Waals surface area contributed by atoms with E-state index in [-0.39, 0.29) is 41.1 Å². The van der Waals surface area contributed by atoms with Gasteiger partial charge in [-0.2, -0.15) is 4.98 Å². The molecule has 0 spiro atoms. The summed E-state index contributed by atoms with van der Waals surface area (Å²) in [6.07, 6.45) is 5.27. The normalized spacial score (nSPS) is 17.7. The van der Waals surface area contributed by atoms with E-state index in [0.717, 1.165) is 19.5 Å². The van der Waals surface area contributed by atoms with Crippen LogP contribution in [0.1, 0.15) is 50.7 Å². The van der Waals surface area contributed by atoms with Gasteiger partial charge in [0.15, 0.2) is 15.7 Å². The van der Waals surface area contributed by atoms with Crippen LogP contribution in [0.4, 0.5) is 0 Å². The van der Waals surface area contributed by atoms with E-state index in [2.05, 4.69) is 27.3 Å². The maximum atomic E-state index is 12.4. The Balaban J connectivity index is 1.37. The van der Waals surface area contributed by atoms with E-state index in [4.69, 9.17) is 4.52 Å². The van der Waals surface area contributed by atoms with Crippen molar-refractivity contribution in [1.29, 1.82) is 0 Å². The fourth-order valence-corrected chi connectivity index (χ4v) is 4.84. The molecule has 1 aliphatic heterocycles. The fourth-order valence-electron chi connectivity index (χ4n) is 3.64. The van der Waals surface area contributed by atoms with Crippen molar-refractivity contribution in [3.8, 4) is 0 Å². The van der Waals surface area contributed by atoms with E-state index < -0.39 is 9.84 Å². The van der Waals surface area contributed by atoms with Crippen molar-refractivity contribution < 1.29 is 17.7 Å². The van der Waals surface area contributed by atoms with E-state index in [9.17, 15) is 13.2 Å². The average Bonchev–Trinajstić information content (AvgIpc) is 3.18. The van der Waals surface area contributed by atoms with Crippen LogP contribution in [0.15, 0.2) is 39.8 Å². The van der Waals surface area contributed by atoms with Gasteiger partial charge in [-0.05, 0) is 44.9 Å². The lowest BCUT2D eigenvalue weighted by Gasteiger charge is -2.33. The summed E-state index contributed by atoms with van der Waals surface area (Å²) in [4.78, 5) is 18.9. The summed E-state index contributed by atoms with van der Waals surface area (Å²) in [5.41, 5.74) is 0. The van der Waals surface area contributed by atoms with Crippen molar-refractivity contribution in [3.05, 3.63) is 42.0 Å². The number of sulfone groups is 1. The lowest BCUT2D eigenvalue weighted by Crippen LogP contribution is -2.39. The number of hydrogen-bond acceptors (Lipinski definition) is 7. The van der Waals surface area contributed by atoms with Crippen molar-refractivity contribution in [2.75, 3.05) is 19.6 Å². The molecule has 3 rings (SSSR count). The second kappa shape index (κ2) is 10.7. The summed E-state index contributed by atoms with van der Waals surface area (Å²) in [6.45, 7) is 5.06. The minimum absolute atomic E-state index is 0.0710. The van der Waals surface area contributed by atoms with Crippen molar-refractivity contribution in [2.24, 2.45) is 0 Å². The third-order valence-electron chi connectivity index (χ3n) is 5.38. The summed E-state index contributed by atoms with van der Waals surface area (Å²) in [6, 6.07) is 8.79. The molecule has 1 aliphatic rings. The monoisotopic (exact) mass is 434 g/mol. The van der Waals surface area contributed by atoms with Crippen LogP contribution in [-0.4, -0.2) is 55.0 Å². The van der Waals surface area contributed by atoms with Crippen LogP contribution in [-0.2, 0) is 26.8 Å². The highest BCUT2D eigenvalue weighted by atomic mass is 32.2. The molecular formula is C21H30N4O4S. The predicted molar refractivity (Wildman–Crippen MR) is 112 cm³/mol. The van der Waals surface area contributed by atoms with E-state index in [1.54, 1.807) is 18.2 Å². The van der Waals surface area contributed by atoms with Crippen LogP contribution in [0.3, 0.4) is 0 Å². The first-order valence-corrected chi connectivity index (χ1v) is 12.2. The van der Waals surface area contributed by atoms with Crippen LogP contribution in [0.25, 0.3) is 0 Å². The molecule has 1 fully saturated rings. The van der Waals surface area contributed by atoms with Gasteiger partial charge in [-0.15, -0.1) is 0 Å². The highest BCUT2D eigenvalue weighted by molar-refractivity contribution is 7.90. The van der Waals surface area contributed by atoms with Crippen LogP contribution in [0, 0.1) is 0 Å². The number of likely N-dealkylation sites (tertiary alicyclic amines) is 1. The van der Waals surface area contributed by atoms with Gasteiger partial charge in [0, 0.05) is 32.0 Å². The van der Waals surface area contributed by atoms with Crippen molar-refractivity contribution in [3.63, 3.8) is 0 Å². The van der Waals surface area contributed by atoms with E-state index in [0.29, 0.717) is 12.6 Å². The molecular weight excluding hydrogens is 404 g/mol. The molecule has 1 aromatic carbocycles. The largest absolute Gasteiger partial charge is 0.356 e. The first-order valence-electron chi connectivity index (χ1n) is 10.5. The SMILES string of the molecule is CC1CCCCN1CCCNC(=O)CCc1nc(CS(=O)(=O)c2ccccc2)no1. The van der Waals surface area contributed by atoms with Gasteiger partial charge >= 0.3 is 0 Å². The maximum Gasteiger partial charge on any atom is 0.227 e. The smallest absolute Gasteiger partial charge is 0.227 e. The van der Waals surface area contributed by atoms with Gasteiger partial charge in [-0.25, -0.2) is 8.42 Å². The second-order valence-electron chi connectivity index (χ2n) is 7.76. The van der Waals surface area contributed by atoms with Gasteiger partial charge in [-0.1, -0.05) is 29.8 Å². The van der Waals surface area contributed by atoms with Gasteiger partial charge in [0.2, 0.25) is 11.8 Å². The molecule has 0 aliphatic carbocycles. The maximum absolute atomic E-state index is 12.4. The summed E-state index contributed by atoms with van der Waals surface area (Å²) < 4.78 is 29.8. The number of piperidine rings is 1. The van der Waals surface area contributed by atoms with Gasteiger partial charge in [0.05, 0.1) is 4.90 Å². The standard InChI is InChI=1S/C21H30N4O4S/c1-17-8-5-6-14-25(17)15-7-13-22-20(26)11-12-21-23-19(24-29-21)16-30(27,28)18-9-3-2-4-10-18/h2-4,9-10,17H,5-8,11-16H2,1H3,(H,22,26). The van der Waals surface area contributed by atoms with E-state index >= 15 is 0 Å². The Bertz CT molecular complexity index is 914. The van der Waals surface area contributed by atoms with Crippen LogP contribution >= 0.6 is 0 Å². The predicted octanol–water partition coefficient (Wildman–Crippen LogP) is 2.36. The molecule has 9 heteroatoms. The molecule has 164 valence electrons. The van der Waals surface area contributed by atoms with Gasteiger partial charge in [-0.3, -0.25) is 4.79 Å². The molecule has 1 unspecified atom stereocenters. The number of benzene rings is 1. The fraction of sp³-hybridized carbons (Fsp3) is 0.571. The third-order valence-corrected chi connectivity index (χ3v) is 7.01. The quantitative estimate of drug-likeness (QED) is 0.572. The van der Waals surface area contributed by atoms with E-state index in [1.165, 1.54) is 31.4 Å². The van der Waals surface area contributed by atoms with Crippen LogP contribution in [0.2, 0.25) is 0 Å². The molecule has 1 saturated heterocycles. The Morgan fingerprint density at radius 3 is 2.83 bits per heavy atom. The van der Waals surface area contributed by atoms with Crippen molar-refractivity contribution in [1.82, 2.24) is 20.4 Å². The average molecular weight is 435 g/mol. The number of hydrogen-bond donors (Lipinski definition) is 1. The van der Waals surface area contributed by atoms with Crippen LogP contribution < -0.4 is 5.32 Å². The topological polar surface area (TPSA) is 105 Å². The first-order chi connectivity index (χ1) is 14.4. The molecule has 30 heavy (non-hydrogen) atoms. The van der Waals surface area contributed by atoms with Crippen molar-refractivity contribution in [2.45, 2.75) is 62.1 Å². The Hall–Kier alpha value is -2.26. The Morgan fingerprint density at radius 1 is 1.27 bits per heavy atom. The number of carbonyl (C=O) groups is 1.